The molecule has 0 fully saturated rings. The summed E-state index contributed by atoms with van der Waals surface area (Å²) in [6.07, 6.45) is -4.70. The minimum atomic E-state index is -4.70. The van der Waals surface area contributed by atoms with Gasteiger partial charge in [0.2, 0.25) is 5.78 Å². The average molecular weight is 256 g/mol. The van der Waals surface area contributed by atoms with E-state index in [2.05, 4.69) is 4.85 Å². The van der Waals surface area contributed by atoms with Crippen LogP contribution in [-0.4, -0.2) is 11.7 Å². The van der Waals surface area contributed by atoms with E-state index in [9.17, 15) is 22.8 Å². The van der Waals surface area contributed by atoms with Gasteiger partial charge in [-0.2, -0.15) is 13.2 Å². The van der Waals surface area contributed by atoms with Gasteiger partial charge in [-0.05, 0) is 12.1 Å². The number of rotatable bonds is 2. The summed E-state index contributed by atoms with van der Waals surface area (Å²) < 4.78 is 37.8. The van der Waals surface area contributed by atoms with Gasteiger partial charge in [-0.1, -0.05) is 6.07 Å². The quantitative estimate of drug-likeness (QED) is 0.653. The highest BCUT2D eigenvalue weighted by atomic mass is 19.4. The second-order valence-corrected chi connectivity index (χ2v) is 3.35. The van der Waals surface area contributed by atoms with Crippen molar-refractivity contribution >= 4 is 23.1 Å². The third kappa shape index (κ3) is 3.07. The molecule has 0 saturated heterocycles. The van der Waals surface area contributed by atoms with E-state index in [0.29, 0.717) is 6.07 Å². The predicted octanol–water partition coefficient (Wildman–Crippen LogP) is 2.78. The monoisotopic (exact) mass is 256 g/mol. The van der Waals surface area contributed by atoms with Gasteiger partial charge in [0.15, 0.2) is 5.69 Å². The fraction of sp³-hybridized carbons (Fsp3) is 0.182. The van der Waals surface area contributed by atoms with Gasteiger partial charge < -0.3 is 5.32 Å². The van der Waals surface area contributed by atoms with E-state index in [0.717, 1.165) is 19.1 Å². The molecular weight excluding hydrogens is 249 g/mol. The molecule has 0 saturated carbocycles. The van der Waals surface area contributed by atoms with Crippen LogP contribution < -0.4 is 5.32 Å². The van der Waals surface area contributed by atoms with E-state index in [1.54, 1.807) is 0 Å². The molecule has 4 nitrogen and oxygen atoms in total. The lowest BCUT2D eigenvalue weighted by molar-refractivity contribution is -0.136. The van der Waals surface area contributed by atoms with Gasteiger partial charge in [-0.3, -0.25) is 9.59 Å². The summed E-state index contributed by atoms with van der Waals surface area (Å²) in [5.74, 6) is -1.84. The van der Waals surface area contributed by atoms with Gasteiger partial charge in [-0.25, -0.2) is 4.85 Å². The van der Waals surface area contributed by atoms with Crippen LogP contribution in [0, 0.1) is 6.57 Å². The highest BCUT2D eigenvalue weighted by molar-refractivity contribution is 6.39. The highest BCUT2D eigenvalue weighted by Crippen LogP contribution is 2.37. The van der Waals surface area contributed by atoms with E-state index in [-0.39, 0.29) is 5.69 Å². The zero-order valence-electron chi connectivity index (χ0n) is 9.13. The second-order valence-electron chi connectivity index (χ2n) is 3.35. The van der Waals surface area contributed by atoms with Crippen molar-refractivity contribution in [3.63, 3.8) is 0 Å². The number of alkyl halides is 3. The van der Waals surface area contributed by atoms with E-state index in [4.69, 9.17) is 6.57 Å². The lowest BCUT2D eigenvalue weighted by Crippen LogP contribution is -2.20. The summed E-state index contributed by atoms with van der Waals surface area (Å²) in [5.41, 5.74) is -1.91. The Labute approximate surface area is 100 Å². The van der Waals surface area contributed by atoms with E-state index >= 15 is 0 Å². The second kappa shape index (κ2) is 4.87. The van der Waals surface area contributed by atoms with Crippen molar-refractivity contribution in [1.82, 2.24) is 0 Å². The van der Waals surface area contributed by atoms with Crippen molar-refractivity contribution in [2.75, 3.05) is 5.32 Å². The molecule has 1 rings (SSSR count). The molecule has 94 valence electrons. The Bertz CT molecular complexity index is 544. The van der Waals surface area contributed by atoms with Gasteiger partial charge >= 0.3 is 6.18 Å². The van der Waals surface area contributed by atoms with Crippen molar-refractivity contribution < 1.29 is 22.8 Å². The number of Topliss-reactive ketones (excluding diaryl/α,β-unsaturated/α-hetero) is 1. The van der Waals surface area contributed by atoms with Gasteiger partial charge in [-0.15, -0.1) is 0 Å². The standard InChI is InChI=1S/C11H7F3N2O2/c1-6(17)10(18)16-7-3-4-9(15-2)8(5-7)11(12,13)14/h3-5H,1H3,(H,16,18). The number of nitrogens with one attached hydrogen (secondary N) is 1. The number of nitrogens with zero attached hydrogens (tertiary/aromatic N) is 1. The minimum absolute atomic E-state index is 0.185. The maximum Gasteiger partial charge on any atom is 0.407 e. The lowest BCUT2D eigenvalue weighted by atomic mass is 10.1. The topological polar surface area (TPSA) is 50.5 Å². The molecule has 0 unspecified atom stereocenters. The molecule has 7 heteroatoms. The molecule has 0 aromatic heterocycles. The Morgan fingerprint density at radius 1 is 1.33 bits per heavy atom. The number of amides is 1. The maximum atomic E-state index is 12.6. The Morgan fingerprint density at radius 3 is 2.39 bits per heavy atom. The van der Waals surface area contributed by atoms with Crippen LogP contribution in [0.4, 0.5) is 24.5 Å². The first-order valence-corrected chi connectivity index (χ1v) is 4.66. The van der Waals surface area contributed by atoms with Crippen molar-refractivity contribution in [2.24, 2.45) is 0 Å². The fourth-order valence-corrected chi connectivity index (χ4v) is 1.16. The summed E-state index contributed by atoms with van der Waals surface area (Å²) >= 11 is 0. The van der Waals surface area contributed by atoms with Gasteiger partial charge in [0.25, 0.3) is 5.91 Å². The Balaban J connectivity index is 3.16. The minimum Gasteiger partial charge on any atom is -0.320 e. The number of halogens is 3. The van der Waals surface area contributed by atoms with Crippen molar-refractivity contribution in [2.45, 2.75) is 13.1 Å². The van der Waals surface area contributed by atoms with Crippen LogP contribution in [-0.2, 0) is 15.8 Å². The summed E-state index contributed by atoms with van der Waals surface area (Å²) in [6.45, 7) is 7.62. The number of carbonyl (C=O) groups excluding carboxylic acids is 2. The SMILES string of the molecule is [C-]#[N+]c1ccc(NC(=O)C(C)=O)cc1C(F)(F)F. The van der Waals surface area contributed by atoms with Gasteiger partial charge in [0.1, 0.15) is 0 Å². The first-order chi connectivity index (χ1) is 8.25. The molecule has 0 heterocycles. The molecular formula is C11H7F3N2O2. The number of hydrogen-bond acceptors (Lipinski definition) is 2. The zero-order chi connectivity index (χ0) is 13.9. The summed E-state index contributed by atoms with van der Waals surface area (Å²) in [6, 6.07) is 2.68. The number of anilines is 1. The van der Waals surface area contributed by atoms with Crippen molar-refractivity contribution in [1.29, 1.82) is 0 Å². The number of hydrogen-bond donors (Lipinski definition) is 1. The molecule has 18 heavy (non-hydrogen) atoms. The molecule has 1 aromatic rings. The van der Waals surface area contributed by atoms with Crippen LogP contribution >= 0.6 is 0 Å². The van der Waals surface area contributed by atoms with Crippen LogP contribution in [0.3, 0.4) is 0 Å². The van der Waals surface area contributed by atoms with Crippen LogP contribution in [0.1, 0.15) is 12.5 Å². The van der Waals surface area contributed by atoms with Crippen molar-refractivity contribution in [3.05, 3.63) is 35.2 Å². The normalized spacial score (nSPS) is 10.6. The molecule has 1 aromatic carbocycles. The van der Waals surface area contributed by atoms with E-state index in [1.165, 1.54) is 0 Å². The summed E-state index contributed by atoms with van der Waals surface area (Å²) in [5, 5.41) is 2.01. The average Bonchev–Trinajstić information content (AvgIpc) is 2.27. The molecule has 0 radical (unpaired) electrons. The molecule has 0 aliphatic heterocycles. The van der Waals surface area contributed by atoms with Crippen LogP contribution in [0.5, 0.6) is 0 Å². The summed E-state index contributed by atoms with van der Waals surface area (Å²) in [4.78, 5) is 24.4. The molecule has 0 bridgehead atoms. The maximum absolute atomic E-state index is 12.6. The molecule has 0 atom stereocenters. The molecule has 1 N–H and O–H groups in total. The Morgan fingerprint density at radius 2 is 1.94 bits per heavy atom. The van der Waals surface area contributed by atoms with Crippen LogP contribution in [0.25, 0.3) is 4.85 Å². The van der Waals surface area contributed by atoms with Crippen molar-refractivity contribution in [3.8, 4) is 0 Å². The van der Waals surface area contributed by atoms with Gasteiger partial charge in [0, 0.05) is 12.6 Å². The smallest absolute Gasteiger partial charge is 0.320 e. The Hall–Kier alpha value is -2.36. The van der Waals surface area contributed by atoms with Crippen LogP contribution in [0.15, 0.2) is 18.2 Å². The summed E-state index contributed by atoms with van der Waals surface area (Å²) in [7, 11) is 0. The highest BCUT2D eigenvalue weighted by Gasteiger charge is 2.33. The fourth-order valence-electron chi connectivity index (χ4n) is 1.16. The molecule has 0 aliphatic carbocycles. The molecule has 0 spiro atoms. The van der Waals surface area contributed by atoms with Gasteiger partial charge in [0.05, 0.1) is 12.1 Å². The van der Waals surface area contributed by atoms with E-state index < -0.39 is 29.1 Å². The first kappa shape index (κ1) is 13.7. The predicted molar refractivity (Wildman–Crippen MR) is 57.0 cm³/mol. The number of ketones is 1. The number of benzene rings is 1. The zero-order valence-corrected chi connectivity index (χ0v) is 9.13. The number of carbonyl (C=O) groups is 2. The molecule has 0 aliphatic rings. The first-order valence-electron chi connectivity index (χ1n) is 4.66. The lowest BCUT2D eigenvalue weighted by Gasteiger charge is -2.11. The van der Waals surface area contributed by atoms with Crippen LogP contribution in [0.2, 0.25) is 0 Å². The van der Waals surface area contributed by atoms with E-state index in [1.807, 2.05) is 5.32 Å². The largest absolute Gasteiger partial charge is 0.407 e. The Kier molecular flexibility index (Phi) is 3.71. The molecule has 1 amide bonds. The third-order valence-corrected chi connectivity index (χ3v) is 2.00. The third-order valence-electron chi connectivity index (χ3n) is 2.00.